The van der Waals surface area contributed by atoms with Gasteiger partial charge in [0.1, 0.15) is 0 Å². The summed E-state index contributed by atoms with van der Waals surface area (Å²) in [6.45, 7) is 2.65. The van der Waals surface area contributed by atoms with E-state index in [0.717, 1.165) is 25.7 Å². The lowest BCUT2D eigenvalue weighted by Gasteiger charge is -2.24. The Labute approximate surface area is 101 Å². The number of carboxylic acid groups (broad SMARTS) is 1. The third kappa shape index (κ3) is 3.35. The fourth-order valence-electron chi connectivity index (χ4n) is 2.22. The minimum atomic E-state index is -0.836. The summed E-state index contributed by atoms with van der Waals surface area (Å²) in [5.41, 5.74) is 0. The number of carbonyl (C=O) groups is 2. The minimum absolute atomic E-state index is 0.0403. The zero-order valence-corrected chi connectivity index (χ0v) is 10.2. The lowest BCUT2D eigenvalue weighted by atomic mass is 10.1. The molecule has 0 heterocycles. The monoisotopic (exact) mass is 240 g/mol. The van der Waals surface area contributed by atoms with E-state index in [0.29, 0.717) is 18.5 Å². The van der Waals surface area contributed by atoms with Crippen molar-refractivity contribution in [2.24, 2.45) is 5.92 Å². The molecule has 2 saturated carbocycles. The Morgan fingerprint density at radius 2 is 2.00 bits per heavy atom. The molecule has 0 aromatic rings. The molecule has 2 aliphatic carbocycles. The summed E-state index contributed by atoms with van der Waals surface area (Å²) in [5, 5.41) is 11.7. The average molecular weight is 240 g/mol. The first-order valence-electron chi connectivity index (χ1n) is 6.40. The summed E-state index contributed by atoms with van der Waals surface area (Å²) in [6, 6.07) is 0.102. The van der Waals surface area contributed by atoms with Crippen molar-refractivity contribution in [3.05, 3.63) is 0 Å². The van der Waals surface area contributed by atoms with Crippen LogP contribution in [0.5, 0.6) is 0 Å². The standard InChI is InChI=1S/C12H20N2O3/c1-2-14(9-5-6-9)12(17)13-10(7-11(15)16)8-3-4-8/h8-10H,2-7H2,1H3,(H,13,17)(H,15,16). The topological polar surface area (TPSA) is 69.6 Å². The normalized spacial score (nSPS) is 20.8. The molecule has 5 heteroatoms. The third-order valence-electron chi connectivity index (χ3n) is 3.48. The van der Waals surface area contributed by atoms with E-state index in [1.165, 1.54) is 0 Å². The van der Waals surface area contributed by atoms with Gasteiger partial charge in [0.15, 0.2) is 0 Å². The van der Waals surface area contributed by atoms with E-state index < -0.39 is 5.97 Å². The molecule has 0 saturated heterocycles. The van der Waals surface area contributed by atoms with Crippen LogP contribution in [-0.2, 0) is 4.79 Å². The molecule has 0 bridgehead atoms. The zero-order valence-electron chi connectivity index (χ0n) is 10.2. The SMILES string of the molecule is CCN(C(=O)NC(CC(=O)O)C1CC1)C1CC1. The van der Waals surface area contributed by atoms with Crippen LogP contribution in [-0.4, -0.2) is 40.6 Å². The van der Waals surface area contributed by atoms with Crippen molar-refractivity contribution in [3.63, 3.8) is 0 Å². The Balaban J connectivity index is 1.87. The van der Waals surface area contributed by atoms with E-state index in [9.17, 15) is 9.59 Å². The molecule has 1 atom stereocenters. The van der Waals surface area contributed by atoms with Crippen molar-refractivity contribution in [1.29, 1.82) is 0 Å². The quantitative estimate of drug-likeness (QED) is 0.738. The van der Waals surface area contributed by atoms with Gasteiger partial charge in [0.2, 0.25) is 0 Å². The highest BCUT2D eigenvalue weighted by molar-refractivity contribution is 5.76. The van der Waals surface area contributed by atoms with E-state index in [4.69, 9.17) is 5.11 Å². The summed E-state index contributed by atoms with van der Waals surface area (Å²) in [6.07, 6.45) is 4.27. The minimum Gasteiger partial charge on any atom is -0.481 e. The summed E-state index contributed by atoms with van der Waals surface area (Å²) in [5.74, 6) is -0.468. The van der Waals surface area contributed by atoms with Gasteiger partial charge in [0.05, 0.1) is 6.42 Å². The number of carbonyl (C=O) groups excluding carboxylic acids is 1. The van der Waals surface area contributed by atoms with Gasteiger partial charge >= 0.3 is 12.0 Å². The van der Waals surface area contributed by atoms with Gasteiger partial charge in [-0.25, -0.2) is 4.79 Å². The van der Waals surface area contributed by atoms with E-state index in [1.54, 1.807) is 0 Å². The summed E-state index contributed by atoms with van der Waals surface area (Å²) < 4.78 is 0. The maximum Gasteiger partial charge on any atom is 0.317 e. The van der Waals surface area contributed by atoms with Crippen LogP contribution in [0.2, 0.25) is 0 Å². The van der Waals surface area contributed by atoms with Crippen molar-refractivity contribution in [1.82, 2.24) is 10.2 Å². The van der Waals surface area contributed by atoms with Crippen molar-refractivity contribution < 1.29 is 14.7 Å². The molecule has 0 aromatic carbocycles. The largest absolute Gasteiger partial charge is 0.481 e. The molecule has 2 aliphatic rings. The highest BCUT2D eigenvalue weighted by Gasteiger charge is 2.37. The molecule has 1 unspecified atom stereocenters. The molecule has 0 radical (unpaired) electrons. The molecule has 0 aliphatic heterocycles. The molecule has 0 aromatic heterocycles. The fraction of sp³-hybridized carbons (Fsp3) is 0.833. The lowest BCUT2D eigenvalue weighted by Crippen LogP contribution is -2.47. The first-order valence-corrected chi connectivity index (χ1v) is 6.40. The molecule has 2 fully saturated rings. The summed E-state index contributed by atoms with van der Waals surface area (Å²) in [4.78, 5) is 24.6. The van der Waals surface area contributed by atoms with Gasteiger partial charge in [-0.3, -0.25) is 4.79 Å². The number of nitrogens with one attached hydrogen (secondary N) is 1. The Hall–Kier alpha value is -1.26. The van der Waals surface area contributed by atoms with Crippen LogP contribution in [0.15, 0.2) is 0 Å². The molecule has 96 valence electrons. The van der Waals surface area contributed by atoms with Crippen LogP contribution in [0.1, 0.15) is 39.0 Å². The van der Waals surface area contributed by atoms with E-state index in [-0.39, 0.29) is 18.5 Å². The number of urea groups is 1. The van der Waals surface area contributed by atoms with Crippen LogP contribution < -0.4 is 5.32 Å². The van der Waals surface area contributed by atoms with Crippen LogP contribution >= 0.6 is 0 Å². The Bertz CT molecular complexity index is 311. The smallest absolute Gasteiger partial charge is 0.317 e. The Morgan fingerprint density at radius 1 is 1.35 bits per heavy atom. The molecular formula is C12H20N2O3. The molecule has 0 spiro atoms. The number of hydrogen-bond donors (Lipinski definition) is 2. The number of carboxylic acids is 1. The van der Waals surface area contributed by atoms with Gasteiger partial charge in [0, 0.05) is 18.6 Å². The van der Waals surface area contributed by atoms with Crippen molar-refractivity contribution in [3.8, 4) is 0 Å². The first kappa shape index (κ1) is 12.2. The van der Waals surface area contributed by atoms with Crippen molar-refractivity contribution >= 4 is 12.0 Å². The highest BCUT2D eigenvalue weighted by Crippen LogP contribution is 2.34. The third-order valence-corrected chi connectivity index (χ3v) is 3.48. The van der Waals surface area contributed by atoms with Crippen LogP contribution in [0.4, 0.5) is 4.79 Å². The van der Waals surface area contributed by atoms with E-state index in [2.05, 4.69) is 5.32 Å². The Kier molecular flexibility index (Phi) is 3.54. The molecule has 2 amide bonds. The zero-order chi connectivity index (χ0) is 12.4. The average Bonchev–Trinajstić information content (AvgIpc) is 3.12. The van der Waals surface area contributed by atoms with Gasteiger partial charge in [-0.1, -0.05) is 0 Å². The molecule has 2 N–H and O–H groups in total. The lowest BCUT2D eigenvalue weighted by molar-refractivity contribution is -0.137. The second kappa shape index (κ2) is 4.94. The van der Waals surface area contributed by atoms with Crippen LogP contribution in [0, 0.1) is 5.92 Å². The second-order valence-electron chi connectivity index (χ2n) is 5.01. The van der Waals surface area contributed by atoms with Crippen LogP contribution in [0.3, 0.4) is 0 Å². The van der Waals surface area contributed by atoms with Crippen molar-refractivity contribution in [2.75, 3.05) is 6.54 Å². The predicted molar refractivity (Wildman–Crippen MR) is 62.7 cm³/mol. The molecule has 17 heavy (non-hydrogen) atoms. The van der Waals surface area contributed by atoms with Gasteiger partial charge in [-0.15, -0.1) is 0 Å². The van der Waals surface area contributed by atoms with Crippen LogP contribution in [0.25, 0.3) is 0 Å². The highest BCUT2D eigenvalue weighted by atomic mass is 16.4. The van der Waals surface area contributed by atoms with E-state index in [1.807, 2.05) is 11.8 Å². The maximum absolute atomic E-state index is 12.0. The molecular weight excluding hydrogens is 220 g/mol. The number of rotatable bonds is 6. The van der Waals surface area contributed by atoms with Gasteiger partial charge in [-0.05, 0) is 38.5 Å². The molecule has 2 rings (SSSR count). The first-order chi connectivity index (χ1) is 8.11. The number of nitrogens with zero attached hydrogens (tertiary/aromatic N) is 1. The van der Waals surface area contributed by atoms with Gasteiger partial charge in [0.25, 0.3) is 0 Å². The van der Waals surface area contributed by atoms with Crippen molar-refractivity contribution in [2.45, 2.75) is 51.1 Å². The Morgan fingerprint density at radius 3 is 2.41 bits per heavy atom. The van der Waals surface area contributed by atoms with Gasteiger partial charge < -0.3 is 15.3 Å². The predicted octanol–water partition coefficient (Wildman–Crippen LogP) is 1.43. The summed E-state index contributed by atoms with van der Waals surface area (Å²) in [7, 11) is 0. The number of hydrogen-bond acceptors (Lipinski definition) is 2. The molecule has 5 nitrogen and oxygen atoms in total. The fourth-order valence-corrected chi connectivity index (χ4v) is 2.22. The van der Waals surface area contributed by atoms with E-state index >= 15 is 0 Å². The maximum atomic E-state index is 12.0. The summed E-state index contributed by atoms with van der Waals surface area (Å²) >= 11 is 0. The van der Waals surface area contributed by atoms with Gasteiger partial charge in [-0.2, -0.15) is 0 Å². The second-order valence-corrected chi connectivity index (χ2v) is 5.01. The number of amides is 2. The number of aliphatic carboxylic acids is 1.